The second-order valence-corrected chi connectivity index (χ2v) is 9.14. The lowest BCUT2D eigenvalue weighted by Crippen LogP contribution is -2.42. The molecule has 1 amide bonds. The summed E-state index contributed by atoms with van der Waals surface area (Å²) < 4.78 is 0. The van der Waals surface area contributed by atoms with Gasteiger partial charge in [-0.2, -0.15) is 0 Å². The minimum absolute atomic E-state index is 0.0477. The summed E-state index contributed by atoms with van der Waals surface area (Å²) in [5.74, 6) is -0.228. The first-order valence-electron chi connectivity index (χ1n) is 11.6. The first kappa shape index (κ1) is 21.6. The van der Waals surface area contributed by atoms with E-state index in [1.807, 2.05) is 12.1 Å². The third-order valence-corrected chi connectivity index (χ3v) is 6.73. The average Bonchev–Trinajstić information content (AvgIpc) is 3.46. The highest BCUT2D eigenvalue weighted by Gasteiger charge is 2.37. The van der Waals surface area contributed by atoms with Gasteiger partial charge in [0.2, 0.25) is 0 Å². The topological polar surface area (TPSA) is 61.4 Å². The molecule has 5 nitrogen and oxygen atoms in total. The first-order chi connectivity index (χ1) is 16.0. The third-order valence-electron chi connectivity index (χ3n) is 6.73. The number of Topliss-reactive ketones (excluding diaryl/α,β-unsaturated/α-hetero) is 1. The normalized spacial score (nSPS) is 19.5. The molecule has 168 valence electrons. The van der Waals surface area contributed by atoms with Crippen molar-refractivity contribution in [3.05, 3.63) is 95.1 Å². The van der Waals surface area contributed by atoms with Crippen LogP contribution in [0, 0.1) is 0 Å². The van der Waals surface area contributed by atoms with Gasteiger partial charge >= 0.3 is 0 Å². The average molecular weight is 440 g/mol. The lowest BCUT2D eigenvalue weighted by Gasteiger charge is -2.27. The second-order valence-electron chi connectivity index (χ2n) is 9.14. The van der Waals surface area contributed by atoms with E-state index in [0.717, 1.165) is 30.8 Å². The number of amides is 1. The number of nitrogens with one attached hydrogen (secondary N) is 2. The molecule has 0 radical (unpaired) electrons. The molecule has 2 bridgehead atoms. The van der Waals surface area contributed by atoms with Gasteiger partial charge in [0.15, 0.2) is 5.78 Å². The number of ketones is 1. The summed E-state index contributed by atoms with van der Waals surface area (Å²) >= 11 is 0. The Hall–Kier alpha value is -3.28. The van der Waals surface area contributed by atoms with Crippen molar-refractivity contribution in [2.45, 2.75) is 38.5 Å². The molecule has 2 aliphatic heterocycles. The second kappa shape index (κ2) is 9.30. The SMILES string of the molecule is CC(=O)c1cccc(C(=O)NCc2cccc(-c3cccc(CN4C[C@@H]5CC4CN5)c3)c2)c1. The number of hydrogen-bond acceptors (Lipinski definition) is 4. The lowest BCUT2D eigenvalue weighted by molar-refractivity contribution is 0.0951. The standard InChI is InChI=1S/C28H29N3O2/c1-19(32)22-7-4-10-25(13-22)28(33)30-15-20-5-2-8-23(11-20)24-9-3-6-21(12-24)17-31-18-26-14-27(31)16-29-26/h2-13,26-27,29H,14-18H2,1H3,(H,30,33)/t26-,27?/m0/s1. The lowest BCUT2D eigenvalue weighted by atomic mass is 10.0. The van der Waals surface area contributed by atoms with E-state index in [4.69, 9.17) is 0 Å². The molecule has 0 aliphatic carbocycles. The summed E-state index contributed by atoms with van der Waals surface area (Å²) in [6.45, 7) is 5.17. The summed E-state index contributed by atoms with van der Waals surface area (Å²) in [5, 5.41) is 6.54. The van der Waals surface area contributed by atoms with Gasteiger partial charge in [0, 0.05) is 49.4 Å². The Morgan fingerprint density at radius 1 is 0.939 bits per heavy atom. The van der Waals surface area contributed by atoms with Gasteiger partial charge in [0.25, 0.3) is 5.91 Å². The van der Waals surface area contributed by atoms with Crippen molar-refractivity contribution in [1.29, 1.82) is 0 Å². The zero-order valence-corrected chi connectivity index (χ0v) is 18.9. The number of carbonyl (C=O) groups excluding carboxylic acids is 2. The van der Waals surface area contributed by atoms with Crippen LogP contribution in [-0.4, -0.2) is 41.8 Å². The summed E-state index contributed by atoms with van der Waals surface area (Å²) in [5.41, 5.74) is 5.75. The Bertz CT molecular complexity index is 1190. The maximum atomic E-state index is 12.6. The summed E-state index contributed by atoms with van der Waals surface area (Å²) in [6.07, 6.45) is 1.27. The largest absolute Gasteiger partial charge is 0.348 e. The van der Waals surface area contributed by atoms with Crippen LogP contribution in [0.1, 0.15) is 45.2 Å². The van der Waals surface area contributed by atoms with Gasteiger partial charge in [0.1, 0.15) is 0 Å². The fourth-order valence-corrected chi connectivity index (χ4v) is 4.95. The molecule has 2 aliphatic rings. The van der Waals surface area contributed by atoms with Crippen LogP contribution in [0.25, 0.3) is 11.1 Å². The van der Waals surface area contributed by atoms with E-state index in [0.29, 0.717) is 29.8 Å². The molecule has 1 unspecified atom stereocenters. The highest BCUT2D eigenvalue weighted by atomic mass is 16.1. The van der Waals surface area contributed by atoms with Gasteiger partial charge in [0.05, 0.1) is 0 Å². The van der Waals surface area contributed by atoms with E-state index in [2.05, 4.69) is 51.9 Å². The molecule has 0 spiro atoms. The number of carbonyl (C=O) groups is 2. The van der Waals surface area contributed by atoms with E-state index in [-0.39, 0.29) is 11.7 Å². The van der Waals surface area contributed by atoms with E-state index in [1.54, 1.807) is 24.3 Å². The Morgan fingerprint density at radius 3 is 2.33 bits per heavy atom. The van der Waals surface area contributed by atoms with E-state index in [9.17, 15) is 9.59 Å². The molecule has 2 fully saturated rings. The first-order valence-corrected chi connectivity index (χ1v) is 11.6. The number of nitrogens with zero attached hydrogens (tertiary/aromatic N) is 1. The molecule has 2 atom stereocenters. The minimum Gasteiger partial charge on any atom is -0.348 e. The number of hydrogen-bond donors (Lipinski definition) is 2. The Morgan fingerprint density at radius 2 is 1.64 bits per heavy atom. The molecule has 33 heavy (non-hydrogen) atoms. The molecule has 3 aromatic rings. The smallest absolute Gasteiger partial charge is 0.251 e. The fourth-order valence-electron chi connectivity index (χ4n) is 4.95. The predicted octanol–water partition coefficient (Wildman–Crippen LogP) is 4.03. The van der Waals surface area contributed by atoms with Gasteiger partial charge in [-0.05, 0) is 59.9 Å². The minimum atomic E-state index is -0.181. The molecule has 5 rings (SSSR count). The van der Waals surface area contributed by atoms with Crippen LogP contribution in [-0.2, 0) is 13.1 Å². The van der Waals surface area contributed by atoms with Crippen molar-refractivity contribution >= 4 is 11.7 Å². The molecule has 0 saturated carbocycles. The predicted molar refractivity (Wildman–Crippen MR) is 130 cm³/mol. The highest BCUT2D eigenvalue weighted by Crippen LogP contribution is 2.27. The maximum Gasteiger partial charge on any atom is 0.251 e. The molecule has 5 heteroatoms. The van der Waals surface area contributed by atoms with Crippen molar-refractivity contribution in [1.82, 2.24) is 15.5 Å². The molecule has 2 heterocycles. The van der Waals surface area contributed by atoms with Crippen molar-refractivity contribution in [2.75, 3.05) is 13.1 Å². The van der Waals surface area contributed by atoms with Crippen LogP contribution in [0.3, 0.4) is 0 Å². The van der Waals surface area contributed by atoms with Crippen LogP contribution >= 0.6 is 0 Å². The summed E-state index contributed by atoms with van der Waals surface area (Å²) in [7, 11) is 0. The van der Waals surface area contributed by atoms with Crippen LogP contribution in [0.15, 0.2) is 72.8 Å². The number of piperazine rings is 1. The molecule has 2 saturated heterocycles. The molecular weight excluding hydrogens is 410 g/mol. The summed E-state index contributed by atoms with van der Waals surface area (Å²) in [4.78, 5) is 26.8. The van der Waals surface area contributed by atoms with Gasteiger partial charge in [-0.15, -0.1) is 0 Å². The molecular formula is C28H29N3O2. The van der Waals surface area contributed by atoms with E-state index >= 15 is 0 Å². The highest BCUT2D eigenvalue weighted by molar-refractivity contribution is 5.99. The molecule has 3 aromatic carbocycles. The molecule has 2 N–H and O–H groups in total. The van der Waals surface area contributed by atoms with Gasteiger partial charge < -0.3 is 10.6 Å². The summed E-state index contributed by atoms with van der Waals surface area (Å²) in [6, 6.07) is 25.2. The maximum absolute atomic E-state index is 12.6. The number of benzene rings is 3. The van der Waals surface area contributed by atoms with Crippen LogP contribution < -0.4 is 10.6 Å². The van der Waals surface area contributed by atoms with Crippen molar-refractivity contribution in [3.8, 4) is 11.1 Å². The van der Waals surface area contributed by atoms with Crippen LogP contribution in [0.4, 0.5) is 0 Å². The van der Waals surface area contributed by atoms with Crippen molar-refractivity contribution in [2.24, 2.45) is 0 Å². The van der Waals surface area contributed by atoms with E-state index < -0.39 is 0 Å². The van der Waals surface area contributed by atoms with Crippen LogP contribution in [0.5, 0.6) is 0 Å². The molecule has 0 aromatic heterocycles. The van der Waals surface area contributed by atoms with Gasteiger partial charge in [-0.3, -0.25) is 14.5 Å². The quantitative estimate of drug-likeness (QED) is 0.546. The number of likely N-dealkylation sites (tertiary alicyclic amines) is 1. The fraction of sp³-hybridized carbons (Fsp3) is 0.286. The zero-order valence-electron chi connectivity index (χ0n) is 18.9. The van der Waals surface area contributed by atoms with Crippen LogP contribution in [0.2, 0.25) is 0 Å². The van der Waals surface area contributed by atoms with Gasteiger partial charge in [-0.1, -0.05) is 48.5 Å². The Balaban J connectivity index is 1.25. The number of rotatable bonds is 7. The van der Waals surface area contributed by atoms with E-state index in [1.165, 1.54) is 24.5 Å². The van der Waals surface area contributed by atoms with Crippen molar-refractivity contribution in [3.63, 3.8) is 0 Å². The van der Waals surface area contributed by atoms with Crippen molar-refractivity contribution < 1.29 is 9.59 Å². The Labute approximate surface area is 194 Å². The number of fused-ring (bicyclic) bond motifs is 2. The zero-order chi connectivity index (χ0) is 22.8. The third kappa shape index (κ3) is 4.90. The Kier molecular flexibility index (Phi) is 6.07. The van der Waals surface area contributed by atoms with Gasteiger partial charge in [-0.25, -0.2) is 0 Å². The monoisotopic (exact) mass is 439 g/mol.